The van der Waals surface area contributed by atoms with E-state index in [4.69, 9.17) is 21.7 Å². The number of rotatable bonds is 6. The molecule has 0 spiro atoms. The molecule has 26 heavy (non-hydrogen) atoms. The number of halogens is 3. The number of hydrogen-bond donors (Lipinski definition) is 2. The molecule has 4 nitrogen and oxygen atoms in total. The Morgan fingerprint density at radius 3 is 2.38 bits per heavy atom. The number of methoxy groups -OCH3 is 1. The average molecular weight is 384 g/mol. The molecule has 0 aliphatic rings. The molecule has 0 saturated heterocycles. The quantitative estimate of drug-likeness (QED) is 0.720. The monoisotopic (exact) mass is 384 g/mol. The first-order valence-electron chi connectivity index (χ1n) is 7.79. The highest BCUT2D eigenvalue weighted by atomic mass is 32.1. The molecule has 0 aliphatic carbocycles. The van der Waals surface area contributed by atoms with Gasteiger partial charge in [-0.15, -0.1) is 0 Å². The summed E-state index contributed by atoms with van der Waals surface area (Å²) in [5.41, 5.74) is -0.471. The Labute approximate surface area is 155 Å². The lowest BCUT2D eigenvalue weighted by Crippen LogP contribution is -2.39. The Kier molecular flexibility index (Phi) is 6.68. The van der Waals surface area contributed by atoms with Crippen molar-refractivity contribution in [1.82, 2.24) is 5.32 Å². The Balaban J connectivity index is 1.83. The van der Waals surface area contributed by atoms with Crippen molar-refractivity contribution in [3.05, 3.63) is 54.1 Å². The van der Waals surface area contributed by atoms with Gasteiger partial charge in [0, 0.05) is 5.69 Å². The summed E-state index contributed by atoms with van der Waals surface area (Å²) in [6.07, 6.45) is -4.40. The van der Waals surface area contributed by atoms with Crippen LogP contribution >= 0.6 is 12.2 Å². The van der Waals surface area contributed by atoms with Gasteiger partial charge in [-0.3, -0.25) is 0 Å². The normalized spacial score (nSPS) is 12.2. The summed E-state index contributed by atoms with van der Waals surface area (Å²) in [5, 5.41) is 5.93. The maximum absolute atomic E-state index is 12.7. The number of thiocarbonyl (C=S) groups is 1. The van der Waals surface area contributed by atoms with Crippen LogP contribution < -0.4 is 20.1 Å². The van der Waals surface area contributed by atoms with E-state index in [0.717, 1.165) is 17.9 Å². The molecule has 0 fully saturated rings. The lowest BCUT2D eigenvalue weighted by atomic mass is 10.2. The van der Waals surface area contributed by atoms with E-state index in [1.54, 1.807) is 31.4 Å². The molecular formula is C18H19F3N2O2S. The molecule has 0 bridgehead atoms. The van der Waals surface area contributed by atoms with Crippen molar-refractivity contribution < 1.29 is 22.6 Å². The second-order valence-electron chi connectivity index (χ2n) is 5.56. The molecule has 140 valence electrons. The van der Waals surface area contributed by atoms with Gasteiger partial charge in [0.2, 0.25) is 0 Å². The fraction of sp³-hybridized carbons (Fsp3) is 0.278. The molecule has 0 radical (unpaired) electrons. The van der Waals surface area contributed by atoms with E-state index in [-0.39, 0.29) is 16.8 Å². The van der Waals surface area contributed by atoms with Crippen LogP contribution in [0.15, 0.2) is 48.5 Å². The van der Waals surface area contributed by atoms with Gasteiger partial charge in [0.1, 0.15) is 18.1 Å². The minimum Gasteiger partial charge on any atom is -0.497 e. The van der Waals surface area contributed by atoms with Gasteiger partial charge in [0.25, 0.3) is 0 Å². The van der Waals surface area contributed by atoms with Crippen LogP contribution in [0.1, 0.15) is 12.5 Å². The third-order valence-electron chi connectivity index (χ3n) is 3.38. The molecule has 0 aliphatic heterocycles. The van der Waals surface area contributed by atoms with Crippen molar-refractivity contribution in [2.24, 2.45) is 0 Å². The van der Waals surface area contributed by atoms with Crippen molar-refractivity contribution in [1.29, 1.82) is 0 Å². The van der Waals surface area contributed by atoms with Crippen LogP contribution in [0.4, 0.5) is 18.9 Å². The maximum Gasteiger partial charge on any atom is 0.416 e. The number of benzene rings is 2. The number of hydrogen-bond acceptors (Lipinski definition) is 3. The van der Waals surface area contributed by atoms with Crippen LogP contribution in [-0.4, -0.2) is 24.9 Å². The molecule has 1 unspecified atom stereocenters. The molecule has 2 N–H and O–H groups in total. The van der Waals surface area contributed by atoms with Crippen LogP contribution in [0.25, 0.3) is 0 Å². The van der Waals surface area contributed by atoms with E-state index in [0.29, 0.717) is 12.4 Å². The van der Waals surface area contributed by atoms with Crippen molar-refractivity contribution >= 4 is 23.0 Å². The zero-order valence-corrected chi connectivity index (χ0v) is 15.1. The van der Waals surface area contributed by atoms with E-state index in [1.807, 2.05) is 6.92 Å². The zero-order chi connectivity index (χ0) is 19.2. The number of alkyl halides is 3. The maximum atomic E-state index is 12.7. The van der Waals surface area contributed by atoms with Crippen LogP contribution in [-0.2, 0) is 6.18 Å². The van der Waals surface area contributed by atoms with Gasteiger partial charge in [0.05, 0.1) is 18.7 Å². The first kappa shape index (κ1) is 19.8. The zero-order valence-electron chi connectivity index (χ0n) is 14.3. The predicted molar refractivity (Wildman–Crippen MR) is 98.8 cm³/mol. The fourth-order valence-electron chi connectivity index (χ4n) is 2.10. The summed E-state index contributed by atoms with van der Waals surface area (Å²) < 4.78 is 48.9. The standard InChI is InChI=1S/C18H19F3N2O2S/c1-12(11-25-16-8-6-15(24-2)7-9-16)22-17(26)23-14-5-3-4-13(10-14)18(19,20)21/h3-10,12H,11H2,1-2H3,(H2,22,23,26). The van der Waals surface area contributed by atoms with Crippen molar-refractivity contribution in [3.63, 3.8) is 0 Å². The molecule has 0 heterocycles. The predicted octanol–water partition coefficient (Wildman–Crippen LogP) is 4.47. The Hall–Kier alpha value is -2.48. The van der Waals surface area contributed by atoms with Crippen LogP contribution in [0.2, 0.25) is 0 Å². The van der Waals surface area contributed by atoms with Gasteiger partial charge in [-0.05, 0) is 61.6 Å². The lowest BCUT2D eigenvalue weighted by molar-refractivity contribution is -0.137. The summed E-state index contributed by atoms with van der Waals surface area (Å²) in [5.74, 6) is 1.41. The second-order valence-corrected chi connectivity index (χ2v) is 5.97. The molecule has 1 atom stereocenters. The molecule has 2 rings (SSSR count). The van der Waals surface area contributed by atoms with Crippen molar-refractivity contribution in [2.75, 3.05) is 19.0 Å². The molecule has 8 heteroatoms. The Bertz CT molecular complexity index is 736. The number of nitrogens with one attached hydrogen (secondary N) is 2. The van der Waals surface area contributed by atoms with Crippen LogP contribution in [0.3, 0.4) is 0 Å². The lowest BCUT2D eigenvalue weighted by Gasteiger charge is -2.18. The van der Waals surface area contributed by atoms with Gasteiger partial charge < -0.3 is 20.1 Å². The smallest absolute Gasteiger partial charge is 0.416 e. The largest absolute Gasteiger partial charge is 0.497 e. The van der Waals surface area contributed by atoms with Gasteiger partial charge in [0.15, 0.2) is 5.11 Å². The summed E-state index contributed by atoms with van der Waals surface area (Å²) in [7, 11) is 1.58. The first-order chi connectivity index (χ1) is 12.3. The second kappa shape index (κ2) is 8.75. The molecular weight excluding hydrogens is 365 g/mol. The molecule has 0 saturated carbocycles. The number of anilines is 1. The van der Waals surface area contributed by atoms with Crippen LogP contribution in [0, 0.1) is 0 Å². The van der Waals surface area contributed by atoms with Crippen molar-refractivity contribution in [2.45, 2.75) is 19.1 Å². The summed E-state index contributed by atoms with van der Waals surface area (Å²) >= 11 is 5.14. The topological polar surface area (TPSA) is 42.5 Å². The molecule has 2 aromatic carbocycles. The highest BCUT2D eigenvalue weighted by Crippen LogP contribution is 2.30. The van der Waals surface area contributed by atoms with E-state index in [1.165, 1.54) is 12.1 Å². The average Bonchev–Trinajstić information content (AvgIpc) is 2.60. The third-order valence-corrected chi connectivity index (χ3v) is 3.60. The van der Waals surface area contributed by atoms with Crippen molar-refractivity contribution in [3.8, 4) is 11.5 Å². The van der Waals surface area contributed by atoms with Gasteiger partial charge in [-0.1, -0.05) is 6.07 Å². The Morgan fingerprint density at radius 2 is 1.77 bits per heavy atom. The van der Waals surface area contributed by atoms with E-state index in [9.17, 15) is 13.2 Å². The highest BCUT2D eigenvalue weighted by molar-refractivity contribution is 7.80. The van der Waals surface area contributed by atoms with E-state index < -0.39 is 11.7 Å². The van der Waals surface area contributed by atoms with E-state index in [2.05, 4.69) is 10.6 Å². The van der Waals surface area contributed by atoms with E-state index >= 15 is 0 Å². The SMILES string of the molecule is COc1ccc(OCC(C)NC(=S)Nc2cccc(C(F)(F)F)c2)cc1. The highest BCUT2D eigenvalue weighted by Gasteiger charge is 2.30. The molecule has 0 aromatic heterocycles. The summed E-state index contributed by atoms with van der Waals surface area (Å²) in [6.45, 7) is 2.18. The summed E-state index contributed by atoms with van der Waals surface area (Å²) in [6, 6.07) is 11.8. The van der Waals surface area contributed by atoms with Gasteiger partial charge in [-0.25, -0.2) is 0 Å². The molecule has 2 aromatic rings. The van der Waals surface area contributed by atoms with Gasteiger partial charge in [-0.2, -0.15) is 13.2 Å². The number of ether oxygens (including phenoxy) is 2. The van der Waals surface area contributed by atoms with Gasteiger partial charge >= 0.3 is 6.18 Å². The minimum atomic E-state index is -4.40. The van der Waals surface area contributed by atoms with Crippen LogP contribution in [0.5, 0.6) is 11.5 Å². The minimum absolute atomic E-state index is 0.150. The molecule has 0 amide bonds. The Morgan fingerprint density at radius 1 is 1.12 bits per heavy atom. The summed E-state index contributed by atoms with van der Waals surface area (Å²) in [4.78, 5) is 0. The first-order valence-corrected chi connectivity index (χ1v) is 8.20. The third kappa shape index (κ3) is 6.11. The fourth-order valence-corrected chi connectivity index (χ4v) is 2.42.